The van der Waals surface area contributed by atoms with Crippen molar-refractivity contribution in [3.63, 3.8) is 0 Å². The van der Waals surface area contributed by atoms with Crippen LogP contribution in [-0.2, 0) is 6.42 Å². The Morgan fingerprint density at radius 1 is 1.31 bits per heavy atom. The van der Waals surface area contributed by atoms with E-state index >= 15 is 0 Å². The number of hydrogen-bond donors (Lipinski definition) is 1. The van der Waals surface area contributed by atoms with Gasteiger partial charge in [-0.15, -0.1) is 0 Å². The third kappa shape index (κ3) is 3.06. The first-order valence-corrected chi connectivity index (χ1v) is 6.16. The molecule has 0 spiro atoms. The molecule has 0 radical (unpaired) electrons. The molecule has 0 unspecified atom stereocenters. The second kappa shape index (κ2) is 5.46. The maximum Gasteiger partial charge on any atom is 0.0471 e. The number of rotatable bonds is 4. The molecule has 1 heterocycles. The molecule has 2 rings (SSSR count). The van der Waals surface area contributed by atoms with Crippen molar-refractivity contribution >= 4 is 0 Å². The number of nitrogens with zero attached hydrogens (tertiary/aromatic N) is 1. The maximum atomic E-state index is 9.07. The molecule has 16 heavy (non-hydrogen) atoms. The van der Waals surface area contributed by atoms with Crippen molar-refractivity contribution in [3.8, 4) is 0 Å². The van der Waals surface area contributed by atoms with Gasteiger partial charge in [-0.25, -0.2) is 0 Å². The minimum Gasteiger partial charge on any atom is -0.396 e. The predicted octanol–water partition coefficient (Wildman–Crippen LogP) is 1.85. The molecule has 2 nitrogen and oxygen atoms in total. The van der Waals surface area contributed by atoms with Gasteiger partial charge in [0.1, 0.15) is 0 Å². The molecule has 0 aliphatic carbocycles. The van der Waals surface area contributed by atoms with Crippen LogP contribution >= 0.6 is 0 Å². The van der Waals surface area contributed by atoms with Gasteiger partial charge in [0.15, 0.2) is 0 Å². The number of aryl methyl sites for hydroxylation is 1. The smallest absolute Gasteiger partial charge is 0.0471 e. The molecular formula is C14H21NO. The standard InChI is InChI=1S/C14H21NO/c1-12-2-4-13(5-3-12)6-8-15-9-7-14(10-15)11-16/h2-5,14,16H,6-11H2,1H3/t14-/m1/s1. The van der Waals surface area contributed by atoms with Crippen molar-refractivity contribution in [2.75, 3.05) is 26.2 Å². The Bertz CT molecular complexity index is 320. The molecule has 1 aromatic rings. The quantitative estimate of drug-likeness (QED) is 0.835. The zero-order valence-electron chi connectivity index (χ0n) is 10.0. The minimum atomic E-state index is 0.348. The van der Waals surface area contributed by atoms with Crippen LogP contribution in [0.4, 0.5) is 0 Å². The van der Waals surface area contributed by atoms with Crippen LogP contribution in [0.5, 0.6) is 0 Å². The SMILES string of the molecule is Cc1ccc(CCN2CC[C@@H](CO)C2)cc1. The van der Waals surface area contributed by atoms with Gasteiger partial charge in [0.2, 0.25) is 0 Å². The van der Waals surface area contributed by atoms with Gasteiger partial charge in [-0.05, 0) is 37.8 Å². The van der Waals surface area contributed by atoms with Gasteiger partial charge >= 0.3 is 0 Å². The van der Waals surface area contributed by atoms with E-state index in [-0.39, 0.29) is 0 Å². The number of aliphatic hydroxyl groups excluding tert-OH is 1. The summed E-state index contributed by atoms with van der Waals surface area (Å²) in [5.41, 5.74) is 2.74. The number of benzene rings is 1. The first kappa shape index (κ1) is 11.6. The molecule has 0 amide bonds. The lowest BCUT2D eigenvalue weighted by Gasteiger charge is -2.15. The van der Waals surface area contributed by atoms with Crippen LogP contribution in [0.1, 0.15) is 17.5 Å². The Morgan fingerprint density at radius 2 is 2.06 bits per heavy atom. The van der Waals surface area contributed by atoms with E-state index in [0.29, 0.717) is 12.5 Å². The fourth-order valence-corrected chi connectivity index (χ4v) is 2.31. The van der Waals surface area contributed by atoms with E-state index in [1.54, 1.807) is 0 Å². The largest absolute Gasteiger partial charge is 0.396 e. The molecule has 1 atom stereocenters. The summed E-state index contributed by atoms with van der Waals surface area (Å²) in [4.78, 5) is 2.46. The molecule has 1 N–H and O–H groups in total. The van der Waals surface area contributed by atoms with Crippen molar-refractivity contribution in [1.82, 2.24) is 4.90 Å². The molecule has 0 aromatic heterocycles. The predicted molar refractivity (Wildman–Crippen MR) is 66.5 cm³/mol. The Morgan fingerprint density at radius 3 is 2.69 bits per heavy atom. The lowest BCUT2D eigenvalue weighted by molar-refractivity contribution is 0.222. The van der Waals surface area contributed by atoms with Gasteiger partial charge < -0.3 is 10.0 Å². The summed E-state index contributed by atoms with van der Waals surface area (Å²) >= 11 is 0. The highest BCUT2D eigenvalue weighted by Gasteiger charge is 2.20. The highest BCUT2D eigenvalue weighted by Crippen LogP contribution is 2.15. The van der Waals surface area contributed by atoms with Crippen molar-refractivity contribution in [3.05, 3.63) is 35.4 Å². The average Bonchev–Trinajstić information content (AvgIpc) is 2.76. The van der Waals surface area contributed by atoms with E-state index in [1.165, 1.54) is 11.1 Å². The summed E-state index contributed by atoms with van der Waals surface area (Å²) < 4.78 is 0. The zero-order chi connectivity index (χ0) is 11.4. The third-order valence-electron chi connectivity index (χ3n) is 3.47. The van der Waals surface area contributed by atoms with Crippen LogP contribution in [0.2, 0.25) is 0 Å². The zero-order valence-corrected chi connectivity index (χ0v) is 10.0. The fraction of sp³-hybridized carbons (Fsp3) is 0.571. The summed E-state index contributed by atoms with van der Waals surface area (Å²) in [6.07, 6.45) is 2.28. The topological polar surface area (TPSA) is 23.5 Å². The second-order valence-electron chi connectivity index (χ2n) is 4.87. The molecule has 0 bridgehead atoms. The highest BCUT2D eigenvalue weighted by atomic mass is 16.3. The van der Waals surface area contributed by atoms with Crippen molar-refractivity contribution in [2.45, 2.75) is 19.8 Å². The highest BCUT2D eigenvalue weighted by molar-refractivity contribution is 5.21. The molecule has 0 saturated carbocycles. The first-order valence-electron chi connectivity index (χ1n) is 6.16. The van der Waals surface area contributed by atoms with E-state index in [2.05, 4.69) is 36.1 Å². The third-order valence-corrected chi connectivity index (χ3v) is 3.47. The Hall–Kier alpha value is -0.860. The van der Waals surface area contributed by atoms with Crippen LogP contribution < -0.4 is 0 Å². The van der Waals surface area contributed by atoms with Crippen molar-refractivity contribution < 1.29 is 5.11 Å². The van der Waals surface area contributed by atoms with Gasteiger partial charge in [0.25, 0.3) is 0 Å². The van der Waals surface area contributed by atoms with Gasteiger partial charge in [0.05, 0.1) is 0 Å². The molecule has 1 aliphatic heterocycles. The van der Waals surface area contributed by atoms with E-state index in [1.807, 2.05) is 0 Å². The fourth-order valence-electron chi connectivity index (χ4n) is 2.31. The molecule has 88 valence electrons. The van der Waals surface area contributed by atoms with Gasteiger partial charge in [-0.1, -0.05) is 29.8 Å². The second-order valence-corrected chi connectivity index (χ2v) is 4.87. The van der Waals surface area contributed by atoms with Gasteiger partial charge in [0, 0.05) is 19.7 Å². The maximum absolute atomic E-state index is 9.07. The summed E-state index contributed by atoms with van der Waals surface area (Å²) in [5.74, 6) is 0.512. The monoisotopic (exact) mass is 219 g/mol. The normalized spacial score (nSPS) is 21.5. The number of likely N-dealkylation sites (tertiary alicyclic amines) is 1. The summed E-state index contributed by atoms with van der Waals surface area (Å²) in [5, 5.41) is 9.07. The van der Waals surface area contributed by atoms with Crippen LogP contribution in [-0.4, -0.2) is 36.2 Å². The Balaban J connectivity index is 1.77. The molecule has 1 fully saturated rings. The summed E-state index contributed by atoms with van der Waals surface area (Å²) in [7, 11) is 0. The van der Waals surface area contributed by atoms with Crippen molar-refractivity contribution in [1.29, 1.82) is 0 Å². The summed E-state index contributed by atoms with van der Waals surface area (Å²) in [6, 6.07) is 8.79. The number of aliphatic hydroxyl groups is 1. The van der Waals surface area contributed by atoms with Crippen molar-refractivity contribution in [2.24, 2.45) is 5.92 Å². The molecule has 1 aliphatic rings. The van der Waals surface area contributed by atoms with Crippen LogP contribution in [0.25, 0.3) is 0 Å². The van der Waals surface area contributed by atoms with Gasteiger partial charge in [-0.3, -0.25) is 0 Å². The van der Waals surface area contributed by atoms with E-state index in [9.17, 15) is 0 Å². The first-order chi connectivity index (χ1) is 7.78. The lowest BCUT2D eigenvalue weighted by atomic mass is 10.1. The van der Waals surface area contributed by atoms with Gasteiger partial charge in [-0.2, -0.15) is 0 Å². The lowest BCUT2D eigenvalue weighted by Crippen LogP contribution is -2.24. The van der Waals surface area contributed by atoms with E-state index in [4.69, 9.17) is 5.11 Å². The molecule has 1 saturated heterocycles. The van der Waals surface area contributed by atoms with Crippen LogP contribution in [0, 0.1) is 12.8 Å². The average molecular weight is 219 g/mol. The minimum absolute atomic E-state index is 0.348. The molecule has 1 aromatic carbocycles. The van der Waals surface area contributed by atoms with E-state index in [0.717, 1.165) is 32.5 Å². The van der Waals surface area contributed by atoms with Crippen LogP contribution in [0.15, 0.2) is 24.3 Å². The Labute approximate surface area is 97.9 Å². The van der Waals surface area contributed by atoms with E-state index < -0.39 is 0 Å². The molecular weight excluding hydrogens is 198 g/mol. The number of hydrogen-bond acceptors (Lipinski definition) is 2. The van der Waals surface area contributed by atoms with Crippen LogP contribution in [0.3, 0.4) is 0 Å². The summed E-state index contributed by atoms with van der Waals surface area (Å²) in [6.45, 7) is 5.82. The molecule has 2 heteroatoms. The Kier molecular flexibility index (Phi) is 3.97.